The third kappa shape index (κ3) is 5.42. The number of nitrogens with zero attached hydrogens (tertiary/aromatic N) is 1. The fourth-order valence-electron chi connectivity index (χ4n) is 2.10. The first-order chi connectivity index (χ1) is 12.8. The maximum atomic E-state index is 12.4. The van der Waals surface area contributed by atoms with Crippen molar-refractivity contribution >= 4 is 52.5 Å². The largest absolute Gasteiger partial charge is 0.478 e. The molecule has 0 aromatic heterocycles. The maximum absolute atomic E-state index is 12.4. The summed E-state index contributed by atoms with van der Waals surface area (Å²) in [7, 11) is 0. The minimum atomic E-state index is -0.586. The summed E-state index contributed by atoms with van der Waals surface area (Å²) in [5.74, 6) is 1.97. The van der Waals surface area contributed by atoms with Gasteiger partial charge in [0, 0.05) is 10.7 Å². The number of halogens is 3. The Balaban J connectivity index is 2.27. The van der Waals surface area contributed by atoms with Crippen LogP contribution in [0.4, 0.5) is 5.69 Å². The molecule has 0 saturated heterocycles. The van der Waals surface area contributed by atoms with Crippen molar-refractivity contribution < 1.29 is 9.53 Å². The molecule has 0 atom stereocenters. The monoisotopic (exact) mass is 418 g/mol. The summed E-state index contributed by atoms with van der Waals surface area (Å²) in [5, 5.41) is 12.9. The molecule has 0 radical (unpaired) electrons. The summed E-state index contributed by atoms with van der Waals surface area (Å²) < 4.78 is 5.27. The van der Waals surface area contributed by atoms with Crippen molar-refractivity contribution in [1.29, 1.82) is 5.26 Å². The number of anilines is 1. The van der Waals surface area contributed by atoms with Crippen molar-refractivity contribution in [2.75, 3.05) is 11.9 Å². The van der Waals surface area contributed by atoms with Crippen molar-refractivity contribution in [2.24, 2.45) is 0 Å². The van der Waals surface area contributed by atoms with E-state index >= 15 is 0 Å². The van der Waals surface area contributed by atoms with Crippen LogP contribution in [0.1, 0.15) is 11.1 Å². The Bertz CT molecular complexity index is 978. The molecule has 2 aromatic rings. The van der Waals surface area contributed by atoms with E-state index in [9.17, 15) is 10.1 Å². The first kappa shape index (κ1) is 20.7. The van der Waals surface area contributed by atoms with Gasteiger partial charge in [0.2, 0.25) is 0 Å². The number of aryl methyl sites for hydroxylation is 1. The van der Waals surface area contributed by atoms with Gasteiger partial charge in [0.1, 0.15) is 18.2 Å². The zero-order valence-corrected chi connectivity index (χ0v) is 16.4. The highest BCUT2D eigenvalue weighted by molar-refractivity contribution is 6.37. The minimum absolute atomic E-state index is 0.0135. The maximum Gasteiger partial charge on any atom is 0.266 e. The number of carbonyl (C=O) groups excluding carboxylic acids is 1. The van der Waals surface area contributed by atoms with Crippen LogP contribution in [0.15, 0.2) is 35.9 Å². The molecule has 7 heteroatoms. The van der Waals surface area contributed by atoms with Crippen molar-refractivity contribution in [3.8, 4) is 24.2 Å². The Morgan fingerprint density at radius 2 is 1.89 bits per heavy atom. The second-order valence-electron chi connectivity index (χ2n) is 5.39. The standard InChI is InChI=1S/C20H13Cl3N2O2/c1-3-6-27-19-17(22)8-13(9-18(19)23)7-14(11-24)20(26)25-15-5-4-12(2)16(21)10-15/h1,4-5,7-10H,6H2,2H3,(H,25,26)/b14-7+. The second kappa shape index (κ2) is 9.35. The summed E-state index contributed by atoms with van der Waals surface area (Å²) in [6, 6.07) is 9.96. The predicted octanol–water partition coefficient (Wildman–Crippen LogP) is 5.51. The van der Waals surface area contributed by atoms with E-state index in [0.717, 1.165) is 5.56 Å². The number of rotatable bonds is 5. The molecule has 0 aliphatic carbocycles. The quantitative estimate of drug-likeness (QED) is 0.395. The third-order valence-corrected chi connectivity index (χ3v) is 4.39. The summed E-state index contributed by atoms with van der Waals surface area (Å²) in [4.78, 5) is 12.4. The van der Waals surface area contributed by atoms with Crippen LogP contribution in [0.25, 0.3) is 6.08 Å². The molecule has 0 unspecified atom stereocenters. The van der Waals surface area contributed by atoms with Gasteiger partial charge in [-0.05, 0) is 48.4 Å². The van der Waals surface area contributed by atoms with Crippen LogP contribution in [0.3, 0.4) is 0 Å². The number of amides is 1. The highest BCUT2D eigenvalue weighted by atomic mass is 35.5. The lowest BCUT2D eigenvalue weighted by molar-refractivity contribution is -0.112. The lowest BCUT2D eigenvalue weighted by Crippen LogP contribution is -2.13. The molecule has 2 aromatic carbocycles. The van der Waals surface area contributed by atoms with Crippen molar-refractivity contribution in [3.05, 3.63) is 62.1 Å². The number of hydrogen-bond donors (Lipinski definition) is 1. The lowest BCUT2D eigenvalue weighted by Gasteiger charge is -2.09. The number of ether oxygens (including phenoxy) is 1. The van der Waals surface area contributed by atoms with Crippen LogP contribution in [0.2, 0.25) is 15.1 Å². The molecule has 1 amide bonds. The number of benzene rings is 2. The van der Waals surface area contributed by atoms with Gasteiger partial charge in [-0.3, -0.25) is 4.79 Å². The minimum Gasteiger partial charge on any atom is -0.478 e. The van der Waals surface area contributed by atoms with Gasteiger partial charge < -0.3 is 10.1 Å². The molecule has 136 valence electrons. The summed E-state index contributed by atoms with van der Waals surface area (Å²) in [6.07, 6.45) is 6.51. The smallest absolute Gasteiger partial charge is 0.266 e. The van der Waals surface area contributed by atoms with Gasteiger partial charge in [-0.2, -0.15) is 5.26 Å². The van der Waals surface area contributed by atoms with E-state index in [0.29, 0.717) is 16.3 Å². The molecule has 0 bridgehead atoms. The van der Waals surface area contributed by atoms with E-state index in [2.05, 4.69) is 11.2 Å². The van der Waals surface area contributed by atoms with Crippen LogP contribution >= 0.6 is 34.8 Å². The molecule has 0 aliphatic heterocycles. The Labute approximate surface area is 172 Å². The van der Waals surface area contributed by atoms with Gasteiger partial charge in [-0.25, -0.2) is 0 Å². The zero-order valence-electron chi connectivity index (χ0n) is 14.1. The van der Waals surface area contributed by atoms with Crippen LogP contribution in [0.5, 0.6) is 5.75 Å². The summed E-state index contributed by atoms with van der Waals surface area (Å²) in [5.41, 5.74) is 1.69. The number of carbonyl (C=O) groups is 1. The van der Waals surface area contributed by atoms with Gasteiger partial charge in [0.15, 0.2) is 5.75 Å². The van der Waals surface area contributed by atoms with Gasteiger partial charge in [-0.15, -0.1) is 6.42 Å². The Kier molecular flexibility index (Phi) is 7.16. The molecule has 2 rings (SSSR count). The van der Waals surface area contributed by atoms with E-state index in [1.807, 2.05) is 13.0 Å². The fraction of sp³-hybridized carbons (Fsp3) is 0.100. The fourth-order valence-corrected chi connectivity index (χ4v) is 2.89. The van der Waals surface area contributed by atoms with Crippen molar-refractivity contribution in [2.45, 2.75) is 6.92 Å². The third-order valence-electron chi connectivity index (χ3n) is 3.43. The topological polar surface area (TPSA) is 62.1 Å². The van der Waals surface area contributed by atoms with Crippen LogP contribution in [0, 0.1) is 30.6 Å². The molecule has 4 nitrogen and oxygen atoms in total. The Hall–Kier alpha value is -2.63. The van der Waals surface area contributed by atoms with Gasteiger partial charge >= 0.3 is 0 Å². The first-order valence-electron chi connectivity index (χ1n) is 7.60. The van der Waals surface area contributed by atoms with Crippen LogP contribution in [-0.2, 0) is 4.79 Å². The molecule has 27 heavy (non-hydrogen) atoms. The van der Waals surface area contributed by atoms with E-state index in [4.69, 9.17) is 46.0 Å². The summed E-state index contributed by atoms with van der Waals surface area (Å²) >= 11 is 18.3. The van der Waals surface area contributed by atoms with Crippen LogP contribution < -0.4 is 10.1 Å². The van der Waals surface area contributed by atoms with Gasteiger partial charge in [0.05, 0.1) is 10.0 Å². The predicted molar refractivity (Wildman–Crippen MR) is 109 cm³/mol. The lowest BCUT2D eigenvalue weighted by atomic mass is 10.1. The molecule has 0 spiro atoms. The van der Waals surface area contributed by atoms with Gasteiger partial charge in [0.25, 0.3) is 5.91 Å². The Morgan fingerprint density at radius 3 is 2.44 bits per heavy atom. The number of hydrogen-bond acceptors (Lipinski definition) is 3. The molecule has 1 N–H and O–H groups in total. The highest BCUT2D eigenvalue weighted by Crippen LogP contribution is 2.35. The average molecular weight is 420 g/mol. The van der Waals surface area contributed by atoms with E-state index in [-0.39, 0.29) is 28.0 Å². The van der Waals surface area contributed by atoms with Gasteiger partial charge in [-0.1, -0.05) is 46.8 Å². The summed E-state index contributed by atoms with van der Waals surface area (Å²) in [6.45, 7) is 1.86. The average Bonchev–Trinajstić information content (AvgIpc) is 2.62. The normalized spacial score (nSPS) is 10.7. The molecule has 0 saturated carbocycles. The highest BCUT2D eigenvalue weighted by Gasteiger charge is 2.13. The molecule has 0 aliphatic rings. The van der Waals surface area contributed by atoms with E-state index in [1.165, 1.54) is 18.2 Å². The van der Waals surface area contributed by atoms with Crippen molar-refractivity contribution in [3.63, 3.8) is 0 Å². The molecule has 0 heterocycles. The molecule has 0 fully saturated rings. The van der Waals surface area contributed by atoms with Crippen molar-refractivity contribution in [1.82, 2.24) is 0 Å². The number of nitriles is 1. The van der Waals surface area contributed by atoms with E-state index in [1.54, 1.807) is 18.2 Å². The van der Waals surface area contributed by atoms with E-state index < -0.39 is 5.91 Å². The zero-order chi connectivity index (χ0) is 20.0. The molecular formula is C20H13Cl3N2O2. The SMILES string of the molecule is C#CCOc1c(Cl)cc(/C=C(\C#N)C(=O)Nc2ccc(C)c(Cl)c2)cc1Cl. The van der Waals surface area contributed by atoms with Crippen LogP contribution in [-0.4, -0.2) is 12.5 Å². The first-order valence-corrected chi connectivity index (χ1v) is 8.73. The number of nitrogens with one attached hydrogen (secondary N) is 1. The second-order valence-corrected chi connectivity index (χ2v) is 6.62. The number of terminal acetylenes is 1. The Morgan fingerprint density at radius 1 is 1.22 bits per heavy atom. The molecular weight excluding hydrogens is 407 g/mol.